The van der Waals surface area contributed by atoms with Crippen LogP contribution in [0.2, 0.25) is 5.02 Å². The number of ether oxygens (including phenoxy) is 1. The van der Waals surface area contributed by atoms with E-state index in [1.165, 1.54) is 17.4 Å². The molecule has 0 saturated heterocycles. The third-order valence-corrected chi connectivity index (χ3v) is 4.20. The van der Waals surface area contributed by atoms with E-state index in [1.807, 2.05) is 5.38 Å². The first-order valence-electron chi connectivity index (χ1n) is 5.95. The molecular weight excluding hydrogens is 315 g/mol. The molecule has 0 amide bonds. The summed E-state index contributed by atoms with van der Waals surface area (Å²) >= 11 is 7.23. The zero-order valence-electron chi connectivity index (χ0n) is 10.9. The van der Waals surface area contributed by atoms with Gasteiger partial charge in [-0.15, -0.1) is 11.3 Å². The summed E-state index contributed by atoms with van der Waals surface area (Å²) in [7, 11) is 1.55. The molecule has 0 radical (unpaired) electrons. The van der Waals surface area contributed by atoms with E-state index in [9.17, 15) is 4.39 Å². The Bertz CT molecular complexity index is 800. The summed E-state index contributed by atoms with van der Waals surface area (Å²) in [6.07, 6.45) is 0. The molecular formula is C14H10ClFN2O2S. The lowest BCUT2D eigenvalue weighted by Gasteiger charge is -2.05. The highest BCUT2D eigenvalue weighted by atomic mass is 35.5. The lowest BCUT2D eigenvalue weighted by molar-refractivity contribution is 0.416. The van der Waals surface area contributed by atoms with E-state index in [4.69, 9.17) is 26.6 Å². The standard InChI is InChI=1S/C14H10ClFN2O2S/c1-19-9-5-6-21-13(9)12-10(14(17)20-18-12)7-3-2-4-8(15)11(7)16/h2-6H,17H2,1H3. The van der Waals surface area contributed by atoms with Crippen molar-refractivity contribution >= 4 is 28.8 Å². The highest BCUT2D eigenvalue weighted by Crippen LogP contribution is 2.44. The average Bonchev–Trinajstić information content (AvgIpc) is 3.08. The zero-order chi connectivity index (χ0) is 15.0. The molecule has 0 aliphatic rings. The minimum absolute atomic E-state index is 0.0113. The molecule has 108 valence electrons. The van der Waals surface area contributed by atoms with E-state index in [-0.39, 0.29) is 16.5 Å². The Balaban J connectivity index is 2.25. The molecule has 3 aromatic rings. The summed E-state index contributed by atoms with van der Waals surface area (Å²) in [5.41, 5.74) is 6.86. The molecule has 4 nitrogen and oxygen atoms in total. The average molecular weight is 325 g/mol. The van der Waals surface area contributed by atoms with Crippen LogP contribution in [0.15, 0.2) is 34.2 Å². The fraction of sp³-hybridized carbons (Fsp3) is 0.0714. The number of halogens is 2. The summed E-state index contributed by atoms with van der Waals surface area (Å²) < 4.78 is 24.6. The number of aromatic nitrogens is 1. The van der Waals surface area contributed by atoms with E-state index < -0.39 is 5.82 Å². The van der Waals surface area contributed by atoms with Crippen LogP contribution < -0.4 is 10.5 Å². The van der Waals surface area contributed by atoms with Gasteiger partial charge in [0.25, 0.3) is 0 Å². The van der Waals surface area contributed by atoms with Gasteiger partial charge in [0.15, 0.2) is 0 Å². The Morgan fingerprint density at radius 1 is 1.38 bits per heavy atom. The fourth-order valence-electron chi connectivity index (χ4n) is 2.05. The molecule has 0 aliphatic heterocycles. The number of anilines is 1. The molecule has 0 bridgehead atoms. The van der Waals surface area contributed by atoms with Gasteiger partial charge in [-0.1, -0.05) is 28.9 Å². The van der Waals surface area contributed by atoms with Crippen molar-refractivity contribution in [2.75, 3.05) is 12.8 Å². The maximum atomic E-state index is 14.3. The van der Waals surface area contributed by atoms with Gasteiger partial charge in [0.1, 0.15) is 17.3 Å². The largest absolute Gasteiger partial charge is 0.495 e. The van der Waals surface area contributed by atoms with Crippen LogP contribution in [0.4, 0.5) is 10.3 Å². The van der Waals surface area contributed by atoms with Gasteiger partial charge in [0.2, 0.25) is 5.88 Å². The van der Waals surface area contributed by atoms with Crippen LogP contribution in [0.5, 0.6) is 5.75 Å². The Hall–Kier alpha value is -2.05. The van der Waals surface area contributed by atoms with Gasteiger partial charge in [-0.05, 0) is 17.5 Å². The Morgan fingerprint density at radius 3 is 2.95 bits per heavy atom. The van der Waals surface area contributed by atoms with Gasteiger partial charge in [-0.25, -0.2) is 4.39 Å². The molecule has 0 spiro atoms. The second-order valence-corrected chi connectivity index (χ2v) is 5.51. The zero-order valence-corrected chi connectivity index (χ0v) is 12.5. The molecule has 1 aromatic carbocycles. The van der Waals surface area contributed by atoms with Crippen molar-refractivity contribution in [3.63, 3.8) is 0 Å². The van der Waals surface area contributed by atoms with Crippen molar-refractivity contribution < 1.29 is 13.7 Å². The summed E-state index contributed by atoms with van der Waals surface area (Å²) in [6.45, 7) is 0. The first kappa shape index (κ1) is 13.9. The van der Waals surface area contributed by atoms with Crippen LogP contribution in [-0.2, 0) is 0 Å². The van der Waals surface area contributed by atoms with E-state index in [0.29, 0.717) is 21.9 Å². The highest BCUT2D eigenvalue weighted by Gasteiger charge is 2.24. The number of thiophene rings is 1. The maximum Gasteiger partial charge on any atom is 0.230 e. The second-order valence-electron chi connectivity index (χ2n) is 4.19. The lowest BCUT2D eigenvalue weighted by atomic mass is 10.0. The summed E-state index contributed by atoms with van der Waals surface area (Å²) in [5, 5.41) is 5.79. The second kappa shape index (κ2) is 5.38. The number of nitrogens with zero attached hydrogens (tertiary/aromatic N) is 1. The van der Waals surface area contributed by atoms with E-state index in [0.717, 1.165) is 0 Å². The first-order chi connectivity index (χ1) is 10.1. The molecule has 2 N–H and O–H groups in total. The molecule has 2 aromatic heterocycles. The third kappa shape index (κ3) is 2.26. The summed E-state index contributed by atoms with van der Waals surface area (Å²) in [4.78, 5) is 0.715. The predicted molar refractivity (Wildman–Crippen MR) is 81.2 cm³/mol. The molecule has 3 rings (SSSR count). The van der Waals surface area contributed by atoms with Crippen LogP contribution in [-0.4, -0.2) is 12.3 Å². The Kier molecular flexibility index (Phi) is 3.57. The molecule has 0 aliphatic carbocycles. The molecule has 21 heavy (non-hydrogen) atoms. The Morgan fingerprint density at radius 2 is 2.19 bits per heavy atom. The lowest BCUT2D eigenvalue weighted by Crippen LogP contribution is -1.91. The van der Waals surface area contributed by atoms with Gasteiger partial charge in [-0.3, -0.25) is 0 Å². The molecule has 0 saturated carbocycles. The normalized spacial score (nSPS) is 10.8. The monoisotopic (exact) mass is 324 g/mol. The smallest absolute Gasteiger partial charge is 0.230 e. The SMILES string of the molecule is COc1ccsc1-c1noc(N)c1-c1cccc(Cl)c1F. The fourth-order valence-corrected chi connectivity index (χ4v) is 3.07. The van der Waals surface area contributed by atoms with Crippen molar-refractivity contribution in [1.29, 1.82) is 0 Å². The number of methoxy groups -OCH3 is 1. The van der Waals surface area contributed by atoms with Crippen LogP contribution in [0.3, 0.4) is 0 Å². The third-order valence-electron chi connectivity index (χ3n) is 3.00. The van der Waals surface area contributed by atoms with Gasteiger partial charge in [0, 0.05) is 5.56 Å². The number of nitrogen functional groups attached to an aromatic ring is 1. The van der Waals surface area contributed by atoms with E-state index >= 15 is 0 Å². The summed E-state index contributed by atoms with van der Waals surface area (Å²) in [6, 6.07) is 6.48. The van der Waals surface area contributed by atoms with Crippen LogP contribution in [0.1, 0.15) is 0 Å². The van der Waals surface area contributed by atoms with Gasteiger partial charge in [-0.2, -0.15) is 0 Å². The minimum Gasteiger partial charge on any atom is -0.495 e. The van der Waals surface area contributed by atoms with E-state index in [2.05, 4.69) is 5.16 Å². The Labute approximate surface area is 128 Å². The maximum absolute atomic E-state index is 14.3. The van der Waals surface area contributed by atoms with Crippen LogP contribution >= 0.6 is 22.9 Å². The molecule has 0 atom stereocenters. The minimum atomic E-state index is -0.564. The highest BCUT2D eigenvalue weighted by molar-refractivity contribution is 7.14. The molecule has 0 fully saturated rings. The van der Waals surface area contributed by atoms with Crippen molar-refractivity contribution in [3.05, 3.63) is 40.5 Å². The van der Waals surface area contributed by atoms with Crippen molar-refractivity contribution in [1.82, 2.24) is 5.16 Å². The number of benzene rings is 1. The van der Waals surface area contributed by atoms with Gasteiger partial charge >= 0.3 is 0 Å². The molecule has 7 heteroatoms. The summed E-state index contributed by atoms with van der Waals surface area (Å²) in [5.74, 6) is 0.0874. The number of nitrogens with two attached hydrogens (primary N) is 1. The van der Waals surface area contributed by atoms with Crippen molar-refractivity contribution in [2.45, 2.75) is 0 Å². The van der Waals surface area contributed by atoms with Gasteiger partial charge in [0.05, 0.1) is 22.6 Å². The molecule has 2 heterocycles. The van der Waals surface area contributed by atoms with Crippen molar-refractivity contribution in [3.8, 4) is 27.4 Å². The quantitative estimate of drug-likeness (QED) is 0.773. The number of hydrogen-bond donors (Lipinski definition) is 1. The van der Waals surface area contributed by atoms with Crippen molar-refractivity contribution in [2.24, 2.45) is 0 Å². The van der Waals surface area contributed by atoms with Gasteiger partial charge < -0.3 is 15.0 Å². The predicted octanol–water partition coefficient (Wildman–Crippen LogP) is 4.45. The first-order valence-corrected chi connectivity index (χ1v) is 7.20. The number of rotatable bonds is 3. The van der Waals surface area contributed by atoms with Crippen LogP contribution in [0.25, 0.3) is 21.7 Å². The molecule has 0 unspecified atom stereocenters. The van der Waals surface area contributed by atoms with E-state index in [1.54, 1.807) is 25.3 Å². The van der Waals surface area contributed by atoms with Crippen LogP contribution in [0, 0.1) is 5.82 Å². The number of hydrogen-bond acceptors (Lipinski definition) is 5. The topological polar surface area (TPSA) is 61.3 Å².